The molecule has 3 heteroatoms. The molecule has 0 amide bonds. The highest BCUT2D eigenvalue weighted by molar-refractivity contribution is 5.05. The third-order valence-electron chi connectivity index (χ3n) is 3.99. The summed E-state index contributed by atoms with van der Waals surface area (Å²) in [5.74, 6) is 4.08. The molecule has 3 nitrogen and oxygen atoms in total. The number of hydrogen-bond donors (Lipinski definition) is 1. The molecule has 1 aliphatic heterocycles. The fourth-order valence-electron chi connectivity index (χ4n) is 2.82. The Morgan fingerprint density at radius 2 is 2.00 bits per heavy atom. The standard InChI is InChI=1S/C16H29NO2/c1-6-16(5,7-2)19-12-15(18)11-17-9-13(3)8-14(4)10-17/h1,13-15,18H,7-12H2,2-5H3/t13-,14+,15-,16-/m0/s1. The highest BCUT2D eigenvalue weighted by Gasteiger charge is 2.25. The minimum Gasteiger partial charge on any atom is -0.389 e. The Morgan fingerprint density at radius 3 is 2.47 bits per heavy atom. The zero-order valence-electron chi connectivity index (χ0n) is 12.9. The quantitative estimate of drug-likeness (QED) is 0.749. The van der Waals surface area contributed by atoms with Gasteiger partial charge in [-0.1, -0.05) is 26.7 Å². The number of likely N-dealkylation sites (tertiary alicyclic amines) is 1. The molecule has 1 heterocycles. The molecule has 1 N–H and O–H groups in total. The van der Waals surface area contributed by atoms with Crippen LogP contribution in [0.1, 0.15) is 40.5 Å². The summed E-state index contributed by atoms with van der Waals surface area (Å²) in [5.41, 5.74) is -0.552. The molecule has 1 saturated heterocycles. The molecule has 0 spiro atoms. The van der Waals surface area contributed by atoms with Crippen molar-refractivity contribution in [3.63, 3.8) is 0 Å². The van der Waals surface area contributed by atoms with Gasteiger partial charge in [-0.3, -0.25) is 0 Å². The van der Waals surface area contributed by atoms with Gasteiger partial charge < -0.3 is 14.7 Å². The molecule has 0 aromatic carbocycles. The van der Waals surface area contributed by atoms with Crippen molar-refractivity contribution in [3.05, 3.63) is 0 Å². The van der Waals surface area contributed by atoms with Crippen molar-refractivity contribution in [1.29, 1.82) is 0 Å². The van der Waals surface area contributed by atoms with Crippen LogP contribution in [0.25, 0.3) is 0 Å². The van der Waals surface area contributed by atoms with Gasteiger partial charge in [0.15, 0.2) is 0 Å². The molecule has 0 aromatic rings. The zero-order valence-corrected chi connectivity index (χ0v) is 12.9. The summed E-state index contributed by atoms with van der Waals surface area (Å²) >= 11 is 0. The van der Waals surface area contributed by atoms with Gasteiger partial charge in [-0.2, -0.15) is 0 Å². The first-order chi connectivity index (χ1) is 8.88. The number of hydrogen-bond acceptors (Lipinski definition) is 3. The van der Waals surface area contributed by atoms with Crippen molar-refractivity contribution in [2.24, 2.45) is 11.8 Å². The first-order valence-electron chi connectivity index (χ1n) is 7.40. The van der Waals surface area contributed by atoms with Gasteiger partial charge in [0.1, 0.15) is 5.60 Å². The number of rotatable bonds is 6. The van der Waals surface area contributed by atoms with Crippen molar-refractivity contribution in [3.8, 4) is 12.3 Å². The lowest BCUT2D eigenvalue weighted by molar-refractivity contribution is -0.0511. The maximum absolute atomic E-state index is 10.1. The Bertz CT molecular complexity index is 302. The lowest BCUT2D eigenvalue weighted by Gasteiger charge is -2.36. The highest BCUT2D eigenvalue weighted by Crippen LogP contribution is 2.21. The van der Waals surface area contributed by atoms with Crippen LogP contribution in [0.15, 0.2) is 0 Å². The molecule has 0 radical (unpaired) electrons. The molecule has 4 atom stereocenters. The van der Waals surface area contributed by atoms with Crippen molar-refractivity contribution < 1.29 is 9.84 Å². The summed E-state index contributed by atoms with van der Waals surface area (Å²) in [4.78, 5) is 2.34. The smallest absolute Gasteiger partial charge is 0.125 e. The third kappa shape index (κ3) is 5.52. The normalized spacial score (nSPS) is 29.5. The molecule has 1 aliphatic rings. The van der Waals surface area contributed by atoms with Crippen molar-refractivity contribution >= 4 is 0 Å². The van der Waals surface area contributed by atoms with E-state index in [1.807, 2.05) is 13.8 Å². The molecule has 0 unspecified atom stereocenters. The van der Waals surface area contributed by atoms with Crippen molar-refractivity contribution in [2.45, 2.75) is 52.2 Å². The average Bonchev–Trinajstić information content (AvgIpc) is 2.35. The second kappa shape index (κ2) is 7.28. The third-order valence-corrected chi connectivity index (χ3v) is 3.99. The Balaban J connectivity index is 2.35. The number of ether oxygens (including phenoxy) is 1. The number of piperidine rings is 1. The second-order valence-corrected chi connectivity index (χ2v) is 6.36. The van der Waals surface area contributed by atoms with E-state index in [0.29, 0.717) is 25.0 Å². The Hall–Kier alpha value is -0.560. The Labute approximate surface area is 118 Å². The molecular weight excluding hydrogens is 238 g/mol. The van der Waals surface area contributed by atoms with Gasteiger partial charge in [0, 0.05) is 19.6 Å². The van der Waals surface area contributed by atoms with Gasteiger partial charge in [0.25, 0.3) is 0 Å². The summed E-state index contributed by atoms with van der Waals surface area (Å²) in [6.07, 6.45) is 7.04. The summed E-state index contributed by atoms with van der Waals surface area (Å²) in [5, 5.41) is 10.1. The average molecular weight is 267 g/mol. The van der Waals surface area contributed by atoms with Crippen molar-refractivity contribution in [1.82, 2.24) is 4.90 Å². The monoisotopic (exact) mass is 267 g/mol. The largest absolute Gasteiger partial charge is 0.389 e. The van der Waals surface area contributed by atoms with Gasteiger partial charge >= 0.3 is 0 Å². The number of β-amino-alcohol motifs (C(OH)–C–C–N with tert-alkyl or cyclic N) is 1. The van der Waals surface area contributed by atoms with E-state index in [1.54, 1.807) is 0 Å². The molecule has 0 aromatic heterocycles. The molecule has 0 aliphatic carbocycles. The number of terminal acetylenes is 1. The maximum atomic E-state index is 10.1. The first-order valence-corrected chi connectivity index (χ1v) is 7.40. The summed E-state index contributed by atoms with van der Waals surface area (Å²) in [6, 6.07) is 0. The van der Waals surface area contributed by atoms with Gasteiger partial charge in [0.05, 0.1) is 12.7 Å². The fourth-order valence-corrected chi connectivity index (χ4v) is 2.82. The van der Waals surface area contributed by atoms with Crippen LogP contribution in [0.3, 0.4) is 0 Å². The minimum atomic E-state index is -0.552. The van der Waals surface area contributed by atoms with Crippen LogP contribution in [0.5, 0.6) is 0 Å². The molecular formula is C16H29NO2. The lowest BCUT2D eigenvalue weighted by atomic mass is 9.92. The first kappa shape index (κ1) is 16.5. The number of aliphatic hydroxyl groups excluding tert-OH is 1. The summed E-state index contributed by atoms with van der Waals surface area (Å²) in [7, 11) is 0. The Kier molecular flexibility index (Phi) is 6.32. The van der Waals surface area contributed by atoms with Gasteiger partial charge in [-0.25, -0.2) is 0 Å². The Morgan fingerprint density at radius 1 is 1.42 bits per heavy atom. The highest BCUT2D eigenvalue weighted by atomic mass is 16.5. The van der Waals surface area contributed by atoms with E-state index >= 15 is 0 Å². The maximum Gasteiger partial charge on any atom is 0.125 e. The van der Waals surface area contributed by atoms with Crippen LogP contribution in [0.4, 0.5) is 0 Å². The van der Waals surface area contributed by atoms with E-state index in [0.717, 1.165) is 19.5 Å². The van der Waals surface area contributed by atoms with Crippen LogP contribution < -0.4 is 0 Å². The molecule has 19 heavy (non-hydrogen) atoms. The second-order valence-electron chi connectivity index (χ2n) is 6.36. The van der Waals surface area contributed by atoms with E-state index < -0.39 is 11.7 Å². The van der Waals surface area contributed by atoms with Crippen LogP contribution in [-0.4, -0.2) is 48.0 Å². The van der Waals surface area contributed by atoms with E-state index in [1.165, 1.54) is 6.42 Å². The SMILES string of the molecule is C#C[C@@](C)(CC)OC[C@@H](O)CN1C[C@H](C)C[C@H](C)C1. The lowest BCUT2D eigenvalue weighted by Crippen LogP contribution is -2.44. The molecule has 0 saturated carbocycles. The van der Waals surface area contributed by atoms with Crippen LogP contribution in [0, 0.1) is 24.2 Å². The topological polar surface area (TPSA) is 32.7 Å². The van der Waals surface area contributed by atoms with Gasteiger partial charge in [-0.05, 0) is 31.6 Å². The van der Waals surface area contributed by atoms with E-state index in [9.17, 15) is 5.11 Å². The molecule has 1 fully saturated rings. The van der Waals surface area contributed by atoms with Crippen LogP contribution in [-0.2, 0) is 4.74 Å². The fraction of sp³-hybridized carbons (Fsp3) is 0.875. The van der Waals surface area contributed by atoms with Gasteiger partial charge in [-0.15, -0.1) is 6.42 Å². The van der Waals surface area contributed by atoms with Crippen LogP contribution in [0.2, 0.25) is 0 Å². The minimum absolute atomic E-state index is 0.313. The van der Waals surface area contributed by atoms with Crippen molar-refractivity contribution in [2.75, 3.05) is 26.2 Å². The predicted octanol–water partition coefficient (Wildman–Crippen LogP) is 2.14. The summed E-state index contributed by atoms with van der Waals surface area (Å²) in [6.45, 7) is 11.6. The van der Waals surface area contributed by atoms with Crippen LogP contribution >= 0.6 is 0 Å². The molecule has 1 rings (SSSR count). The molecule has 110 valence electrons. The number of aliphatic hydroxyl groups is 1. The van der Waals surface area contributed by atoms with E-state index in [-0.39, 0.29) is 0 Å². The van der Waals surface area contributed by atoms with E-state index in [4.69, 9.17) is 11.2 Å². The van der Waals surface area contributed by atoms with Gasteiger partial charge in [0.2, 0.25) is 0 Å². The predicted molar refractivity (Wildman–Crippen MR) is 78.9 cm³/mol. The zero-order chi connectivity index (χ0) is 14.5. The van der Waals surface area contributed by atoms with E-state index in [2.05, 4.69) is 24.7 Å². The summed E-state index contributed by atoms with van der Waals surface area (Å²) < 4.78 is 5.67. The number of nitrogens with zero attached hydrogens (tertiary/aromatic N) is 1. The molecule has 0 bridgehead atoms.